The Morgan fingerprint density at radius 3 is 1.36 bits per heavy atom. The number of hydrogen-bond acceptors (Lipinski definition) is 7. The summed E-state index contributed by atoms with van der Waals surface area (Å²) in [5.74, 6) is -0.199. The topological polar surface area (TPSA) is 82.1 Å². The number of carbonyl (C=O) groups is 3. The maximum atomic E-state index is 13.2. The summed E-state index contributed by atoms with van der Waals surface area (Å²) < 4.78 is 17.0. The lowest BCUT2D eigenvalue weighted by atomic mass is 9.73. The highest BCUT2D eigenvalue weighted by Gasteiger charge is 2.32. The molecule has 0 bridgehead atoms. The minimum atomic E-state index is -0.131. The Balaban J connectivity index is 4.55. The molecule has 0 N–H and O–H groups in total. The quantitative estimate of drug-likeness (QED) is 0.0368. The van der Waals surface area contributed by atoms with Gasteiger partial charge in [-0.1, -0.05) is 131 Å². The Bertz CT molecular complexity index is 797. The third kappa shape index (κ3) is 32.3. The molecule has 0 aliphatic carbocycles. The summed E-state index contributed by atoms with van der Waals surface area (Å²) in [5, 5.41) is 0. The van der Waals surface area contributed by atoms with E-state index in [4.69, 9.17) is 14.2 Å². The Morgan fingerprint density at radius 1 is 0.520 bits per heavy atom. The third-order valence-corrected chi connectivity index (χ3v) is 9.46. The summed E-state index contributed by atoms with van der Waals surface area (Å²) >= 11 is 0. The fourth-order valence-corrected chi connectivity index (χ4v) is 7.42. The Labute approximate surface area is 310 Å². The van der Waals surface area contributed by atoms with Crippen LogP contribution in [-0.2, 0) is 28.6 Å². The van der Waals surface area contributed by atoms with Crippen molar-refractivity contribution >= 4 is 17.9 Å². The van der Waals surface area contributed by atoms with Gasteiger partial charge in [-0.25, -0.2) is 0 Å². The number of carbonyl (C=O) groups excluding carboxylic acids is 3. The second-order valence-electron chi connectivity index (χ2n) is 16.9. The fraction of sp³-hybridized carbons (Fsp3) is 0.930. The van der Waals surface area contributed by atoms with Gasteiger partial charge in [0, 0.05) is 19.4 Å². The molecular weight excluding hydrogens is 626 g/mol. The number of hydrogen-bond donors (Lipinski definition) is 0. The molecule has 0 spiro atoms. The van der Waals surface area contributed by atoms with Crippen LogP contribution in [0.2, 0.25) is 0 Å². The van der Waals surface area contributed by atoms with Crippen LogP contribution < -0.4 is 0 Å². The zero-order valence-electron chi connectivity index (χ0n) is 34.5. The summed E-state index contributed by atoms with van der Waals surface area (Å²) in [6.45, 7) is 15.4. The van der Waals surface area contributed by atoms with Crippen LogP contribution >= 0.6 is 0 Å². The highest BCUT2D eigenvalue weighted by atomic mass is 16.5. The zero-order chi connectivity index (χ0) is 37.5. The summed E-state index contributed by atoms with van der Waals surface area (Å²) in [6, 6.07) is 0. The van der Waals surface area contributed by atoms with E-state index < -0.39 is 0 Å². The summed E-state index contributed by atoms with van der Waals surface area (Å²) in [5.41, 5.74) is -0.0177. The van der Waals surface area contributed by atoms with E-state index in [-0.39, 0.29) is 34.8 Å². The molecule has 0 amide bonds. The highest BCUT2D eigenvalue weighted by Crippen LogP contribution is 2.37. The molecule has 0 aliphatic rings. The first-order valence-corrected chi connectivity index (χ1v) is 21.0. The second kappa shape index (κ2) is 30.9. The van der Waals surface area contributed by atoms with Gasteiger partial charge < -0.3 is 19.1 Å². The van der Waals surface area contributed by atoms with E-state index in [1.807, 2.05) is 0 Å². The summed E-state index contributed by atoms with van der Waals surface area (Å²) in [4.78, 5) is 39.5. The largest absolute Gasteiger partial charge is 0.466 e. The first-order chi connectivity index (χ1) is 23.8. The van der Waals surface area contributed by atoms with Crippen LogP contribution in [0.25, 0.3) is 0 Å². The minimum Gasteiger partial charge on any atom is -0.466 e. The molecule has 0 rings (SSSR count). The van der Waals surface area contributed by atoms with E-state index in [1.54, 1.807) is 0 Å². The Hall–Kier alpha value is -1.63. The predicted molar refractivity (Wildman–Crippen MR) is 209 cm³/mol. The highest BCUT2D eigenvalue weighted by molar-refractivity contribution is 5.70. The van der Waals surface area contributed by atoms with E-state index >= 15 is 0 Å². The Kier molecular flexibility index (Phi) is 29.9. The van der Waals surface area contributed by atoms with E-state index in [0.717, 1.165) is 116 Å². The van der Waals surface area contributed by atoms with Gasteiger partial charge in [0.15, 0.2) is 0 Å². The van der Waals surface area contributed by atoms with Crippen molar-refractivity contribution in [3.05, 3.63) is 0 Å². The van der Waals surface area contributed by atoms with Gasteiger partial charge in [0.2, 0.25) is 0 Å². The molecule has 0 aromatic rings. The van der Waals surface area contributed by atoms with Gasteiger partial charge in [-0.3, -0.25) is 14.4 Å². The van der Waals surface area contributed by atoms with Crippen molar-refractivity contribution in [1.29, 1.82) is 0 Å². The van der Waals surface area contributed by atoms with Crippen molar-refractivity contribution < 1.29 is 28.6 Å². The molecule has 0 aliphatic heterocycles. The van der Waals surface area contributed by atoms with Gasteiger partial charge in [-0.2, -0.15) is 0 Å². The van der Waals surface area contributed by atoms with E-state index in [1.165, 1.54) is 38.5 Å². The molecule has 0 radical (unpaired) electrons. The molecule has 0 aromatic heterocycles. The molecule has 0 saturated carbocycles. The normalized spacial score (nSPS) is 12.1. The summed E-state index contributed by atoms with van der Waals surface area (Å²) in [7, 11) is 4.20. The monoisotopic (exact) mass is 710 g/mol. The van der Waals surface area contributed by atoms with Crippen LogP contribution in [0.5, 0.6) is 0 Å². The van der Waals surface area contributed by atoms with E-state index in [9.17, 15) is 14.4 Å². The van der Waals surface area contributed by atoms with Crippen LogP contribution in [0.15, 0.2) is 0 Å². The molecule has 0 unspecified atom stereocenters. The average molecular weight is 710 g/mol. The van der Waals surface area contributed by atoms with Crippen LogP contribution in [0, 0.1) is 10.8 Å². The molecule has 7 nitrogen and oxygen atoms in total. The molecule has 0 saturated heterocycles. The molecule has 0 aromatic carbocycles. The lowest BCUT2D eigenvalue weighted by Crippen LogP contribution is -2.34. The number of rotatable bonds is 35. The van der Waals surface area contributed by atoms with Crippen LogP contribution in [0.4, 0.5) is 0 Å². The minimum absolute atomic E-state index is 0.0484. The van der Waals surface area contributed by atoms with Gasteiger partial charge in [0.05, 0.1) is 19.6 Å². The summed E-state index contributed by atoms with van der Waals surface area (Å²) in [6.07, 6.45) is 26.0. The van der Waals surface area contributed by atoms with Crippen molar-refractivity contribution in [2.24, 2.45) is 10.8 Å². The molecule has 50 heavy (non-hydrogen) atoms. The molecule has 0 atom stereocenters. The molecule has 296 valence electrons. The SMILES string of the molecule is CCCCCCCOC(=O)CCCCCCCC(CCCCCCCC(=O)OCCCCCCC)OC(=O)CC(C)(C)CC(C)(C)CN(C)C. The van der Waals surface area contributed by atoms with Gasteiger partial charge in [-0.05, 0) is 82.7 Å². The zero-order valence-corrected chi connectivity index (χ0v) is 34.5. The number of nitrogens with zero attached hydrogens (tertiary/aromatic N) is 1. The smallest absolute Gasteiger partial charge is 0.306 e. The molecule has 0 fully saturated rings. The first-order valence-electron chi connectivity index (χ1n) is 21.0. The van der Waals surface area contributed by atoms with Gasteiger partial charge in [0.25, 0.3) is 0 Å². The van der Waals surface area contributed by atoms with E-state index in [0.29, 0.717) is 32.5 Å². The number of unbranched alkanes of at least 4 members (excludes halogenated alkanes) is 16. The third-order valence-electron chi connectivity index (χ3n) is 9.46. The van der Waals surface area contributed by atoms with Crippen molar-refractivity contribution in [2.45, 2.75) is 215 Å². The molecule has 7 heteroatoms. The van der Waals surface area contributed by atoms with Crippen molar-refractivity contribution in [3.8, 4) is 0 Å². The lowest BCUT2D eigenvalue weighted by Gasteiger charge is -2.36. The fourth-order valence-electron chi connectivity index (χ4n) is 7.42. The maximum Gasteiger partial charge on any atom is 0.306 e. The average Bonchev–Trinajstić information content (AvgIpc) is 3.01. The molecule has 0 heterocycles. The van der Waals surface area contributed by atoms with Crippen molar-refractivity contribution in [3.63, 3.8) is 0 Å². The maximum absolute atomic E-state index is 13.2. The van der Waals surface area contributed by atoms with Crippen LogP contribution in [-0.4, -0.2) is 62.8 Å². The first kappa shape index (κ1) is 48.4. The van der Waals surface area contributed by atoms with Gasteiger partial charge in [-0.15, -0.1) is 0 Å². The lowest BCUT2D eigenvalue weighted by molar-refractivity contribution is -0.152. The van der Waals surface area contributed by atoms with Crippen LogP contribution in [0.1, 0.15) is 208 Å². The van der Waals surface area contributed by atoms with Crippen molar-refractivity contribution in [2.75, 3.05) is 33.9 Å². The molecular formula is C43H83NO6. The van der Waals surface area contributed by atoms with Crippen molar-refractivity contribution in [1.82, 2.24) is 4.90 Å². The second-order valence-corrected chi connectivity index (χ2v) is 16.9. The number of ether oxygens (including phenoxy) is 3. The Morgan fingerprint density at radius 2 is 0.920 bits per heavy atom. The van der Waals surface area contributed by atoms with Crippen LogP contribution in [0.3, 0.4) is 0 Å². The van der Waals surface area contributed by atoms with Gasteiger partial charge in [0.1, 0.15) is 6.10 Å². The number of esters is 3. The predicted octanol–water partition coefficient (Wildman–Crippen LogP) is 11.8. The standard InChI is InChI=1S/C43H83NO6/c1-9-11-13-21-27-33-48-39(45)31-25-19-15-17-23-29-38(50-41(47)35-42(3,4)36-43(5,6)37-44(7)8)30-24-18-16-20-26-32-40(46)49-34-28-22-14-12-10-2/h38H,9-37H2,1-8H3. The van der Waals surface area contributed by atoms with Gasteiger partial charge >= 0.3 is 17.9 Å². The van der Waals surface area contributed by atoms with E-state index in [2.05, 4.69) is 60.5 Å².